The molecule has 28 heavy (non-hydrogen) atoms. The fourth-order valence-electron chi connectivity index (χ4n) is 4.27. The van der Waals surface area contributed by atoms with E-state index in [1.54, 1.807) is 11.3 Å². The number of nitrogens with one attached hydrogen (secondary N) is 1. The van der Waals surface area contributed by atoms with Gasteiger partial charge in [0.15, 0.2) is 10.6 Å². The van der Waals surface area contributed by atoms with Crippen molar-refractivity contribution in [2.24, 2.45) is 0 Å². The van der Waals surface area contributed by atoms with Crippen LogP contribution in [-0.2, 0) is 0 Å². The molecule has 0 spiro atoms. The van der Waals surface area contributed by atoms with Gasteiger partial charge in [0.05, 0.1) is 11.1 Å². The van der Waals surface area contributed by atoms with E-state index in [4.69, 9.17) is 4.98 Å². The van der Waals surface area contributed by atoms with Crippen LogP contribution < -0.4 is 5.32 Å². The summed E-state index contributed by atoms with van der Waals surface area (Å²) in [6.45, 7) is 0. The number of anilines is 1. The van der Waals surface area contributed by atoms with Gasteiger partial charge in [-0.3, -0.25) is 4.40 Å². The molecule has 1 N–H and O–H groups in total. The Balaban J connectivity index is 1.58. The van der Waals surface area contributed by atoms with Crippen molar-refractivity contribution in [3.05, 3.63) is 41.9 Å². The van der Waals surface area contributed by atoms with Gasteiger partial charge in [0.1, 0.15) is 11.5 Å². The van der Waals surface area contributed by atoms with E-state index >= 15 is 0 Å². The lowest BCUT2D eigenvalue weighted by molar-refractivity contribution is 0.462. The Morgan fingerprint density at radius 3 is 2.93 bits per heavy atom. The second-order valence-corrected chi connectivity index (χ2v) is 8.25. The van der Waals surface area contributed by atoms with Gasteiger partial charge >= 0.3 is 0 Å². The zero-order valence-electron chi connectivity index (χ0n) is 15.2. The molecule has 4 aromatic heterocycles. The number of para-hydroxylation sites is 1. The molecular formula is C20H19N7S. The van der Waals surface area contributed by atoms with E-state index in [1.165, 1.54) is 32.1 Å². The number of fused-ring (bicyclic) bond motifs is 4. The molecule has 1 aliphatic carbocycles. The van der Waals surface area contributed by atoms with Gasteiger partial charge in [-0.25, -0.2) is 4.98 Å². The molecule has 0 aliphatic heterocycles. The van der Waals surface area contributed by atoms with E-state index in [0.717, 1.165) is 38.6 Å². The lowest BCUT2D eigenvalue weighted by Crippen LogP contribution is -2.23. The molecule has 140 valence electrons. The molecule has 0 radical (unpaired) electrons. The van der Waals surface area contributed by atoms with E-state index in [-0.39, 0.29) is 0 Å². The Bertz CT molecular complexity index is 1290. The van der Waals surface area contributed by atoms with Crippen LogP contribution in [0.4, 0.5) is 5.82 Å². The highest BCUT2D eigenvalue weighted by Crippen LogP contribution is 2.36. The topological polar surface area (TPSA) is 72.4 Å². The first kappa shape index (κ1) is 16.0. The van der Waals surface area contributed by atoms with Crippen molar-refractivity contribution in [3.8, 4) is 11.3 Å². The SMILES string of the molecule is c1ccc2c(c1)cc(-c1nc3sccn3c1NC1CCCCC1)c1nnnn12. The van der Waals surface area contributed by atoms with E-state index in [0.29, 0.717) is 6.04 Å². The zero-order valence-corrected chi connectivity index (χ0v) is 16.1. The van der Waals surface area contributed by atoms with E-state index < -0.39 is 0 Å². The van der Waals surface area contributed by atoms with Crippen molar-refractivity contribution >= 4 is 38.7 Å². The Labute approximate surface area is 165 Å². The third kappa shape index (κ3) is 2.41. The van der Waals surface area contributed by atoms with Crippen LogP contribution >= 0.6 is 11.3 Å². The molecule has 7 nitrogen and oxygen atoms in total. The summed E-state index contributed by atoms with van der Waals surface area (Å²) < 4.78 is 3.96. The van der Waals surface area contributed by atoms with Crippen LogP contribution in [0.5, 0.6) is 0 Å². The number of thiazole rings is 1. The first-order valence-corrected chi connectivity index (χ1v) is 10.6. The predicted octanol–water partition coefficient (Wildman–Crippen LogP) is 4.40. The molecule has 6 rings (SSSR count). The van der Waals surface area contributed by atoms with E-state index in [2.05, 4.69) is 49.0 Å². The number of rotatable bonds is 3. The number of hydrogen-bond donors (Lipinski definition) is 1. The zero-order chi connectivity index (χ0) is 18.5. The maximum atomic E-state index is 4.96. The number of hydrogen-bond acceptors (Lipinski definition) is 6. The van der Waals surface area contributed by atoms with Crippen LogP contribution in [0.15, 0.2) is 41.9 Å². The number of tetrazole rings is 1. The quantitative estimate of drug-likeness (QED) is 0.495. The van der Waals surface area contributed by atoms with Gasteiger partial charge in [0.2, 0.25) is 0 Å². The average molecular weight is 389 g/mol. The minimum Gasteiger partial charge on any atom is -0.367 e. The number of nitrogens with zero attached hydrogens (tertiary/aromatic N) is 6. The van der Waals surface area contributed by atoms with E-state index in [9.17, 15) is 0 Å². The number of aromatic nitrogens is 6. The fourth-order valence-corrected chi connectivity index (χ4v) is 4.98. The van der Waals surface area contributed by atoms with Crippen molar-refractivity contribution < 1.29 is 0 Å². The van der Waals surface area contributed by atoms with Crippen LogP contribution in [0.3, 0.4) is 0 Å². The molecule has 1 aliphatic rings. The summed E-state index contributed by atoms with van der Waals surface area (Å²) in [6.07, 6.45) is 8.40. The first-order chi connectivity index (χ1) is 13.9. The molecule has 1 fully saturated rings. The largest absolute Gasteiger partial charge is 0.367 e. The van der Waals surface area contributed by atoms with Crippen molar-refractivity contribution in [2.75, 3.05) is 5.32 Å². The minimum atomic E-state index is 0.486. The molecule has 1 saturated carbocycles. The monoisotopic (exact) mass is 389 g/mol. The average Bonchev–Trinajstić information content (AvgIpc) is 3.46. The van der Waals surface area contributed by atoms with Gasteiger partial charge in [-0.2, -0.15) is 4.52 Å². The number of benzene rings is 1. The lowest BCUT2D eigenvalue weighted by Gasteiger charge is -2.24. The third-order valence-corrected chi connectivity index (χ3v) is 6.40. The highest BCUT2D eigenvalue weighted by molar-refractivity contribution is 7.15. The highest BCUT2D eigenvalue weighted by atomic mass is 32.1. The molecule has 1 aromatic carbocycles. The van der Waals surface area contributed by atoms with Gasteiger partial charge in [0.25, 0.3) is 0 Å². The van der Waals surface area contributed by atoms with E-state index in [1.807, 2.05) is 22.7 Å². The summed E-state index contributed by atoms with van der Waals surface area (Å²) in [4.78, 5) is 5.93. The van der Waals surface area contributed by atoms with Gasteiger partial charge < -0.3 is 5.32 Å². The smallest absolute Gasteiger partial charge is 0.195 e. The van der Waals surface area contributed by atoms with Crippen molar-refractivity contribution in [1.29, 1.82) is 0 Å². The molecule has 5 aromatic rings. The molecular weight excluding hydrogens is 370 g/mol. The minimum absolute atomic E-state index is 0.486. The molecule has 0 amide bonds. The fraction of sp³-hybridized carbons (Fsp3) is 0.300. The molecule has 4 heterocycles. The molecule has 0 unspecified atom stereocenters. The predicted molar refractivity (Wildman–Crippen MR) is 111 cm³/mol. The van der Waals surface area contributed by atoms with Gasteiger partial charge in [0, 0.05) is 23.0 Å². The molecule has 8 heteroatoms. The van der Waals surface area contributed by atoms with Crippen molar-refractivity contribution in [1.82, 2.24) is 29.4 Å². The molecule has 0 bridgehead atoms. The van der Waals surface area contributed by atoms with Gasteiger partial charge in [-0.15, -0.1) is 16.4 Å². The highest BCUT2D eigenvalue weighted by Gasteiger charge is 2.23. The van der Waals surface area contributed by atoms with Crippen molar-refractivity contribution in [3.63, 3.8) is 0 Å². The Morgan fingerprint density at radius 1 is 1.11 bits per heavy atom. The Morgan fingerprint density at radius 2 is 2.00 bits per heavy atom. The Hall–Kier alpha value is -3.00. The van der Waals surface area contributed by atoms with Crippen LogP contribution in [0, 0.1) is 0 Å². The maximum Gasteiger partial charge on any atom is 0.195 e. The normalized spacial score (nSPS) is 15.7. The lowest BCUT2D eigenvalue weighted by atomic mass is 9.95. The van der Waals surface area contributed by atoms with Gasteiger partial charge in [-0.1, -0.05) is 37.5 Å². The molecule has 0 atom stereocenters. The van der Waals surface area contributed by atoms with Crippen LogP contribution in [0.2, 0.25) is 0 Å². The van der Waals surface area contributed by atoms with Gasteiger partial charge in [-0.05, 0) is 35.4 Å². The van der Waals surface area contributed by atoms with Crippen LogP contribution in [-0.4, -0.2) is 35.5 Å². The van der Waals surface area contributed by atoms with Crippen LogP contribution in [0.25, 0.3) is 32.8 Å². The summed E-state index contributed by atoms with van der Waals surface area (Å²) in [5, 5.41) is 19.4. The van der Waals surface area contributed by atoms with Crippen molar-refractivity contribution in [2.45, 2.75) is 38.1 Å². The standard InChI is InChI=1S/C20H19N7S/c1-2-7-14(8-3-1)21-19-17(22-20-26(19)10-11-28-20)15-12-13-6-4-5-9-16(13)27-18(15)23-24-25-27/h4-6,9-12,14,21H,1-3,7-8H2. The number of pyridine rings is 1. The summed E-state index contributed by atoms with van der Waals surface area (Å²) in [7, 11) is 0. The number of imidazole rings is 1. The van der Waals surface area contributed by atoms with Crippen LogP contribution in [0.1, 0.15) is 32.1 Å². The second kappa shape index (κ2) is 6.27. The summed E-state index contributed by atoms with van der Waals surface area (Å²) in [6, 6.07) is 10.8. The summed E-state index contributed by atoms with van der Waals surface area (Å²) in [5.41, 5.74) is 3.60. The first-order valence-electron chi connectivity index (χ1n) is 9.71. The Kier molecular flexibility index (Phi) is 3.58. The summed E-state index contributed by atoms with van der Waals surface area (Å²) in [5.74, 6) is 1.04. The second-order valence-electron chi connectivity index (χ2n) is 7.37. The summed E-state index contributed by atoms with van der Waals surface area (Å²) >= 11 is 1.64. The third-order valence-electron chi connectivity index (χ3n) is 5.64. The maximum absolute atomic E-state index is 4.96. The molecule has 0 saturated heterocycles.